The Morgan fingerprint density at radius 2 is 1.27 bits per heavy atom. The number of nitrogens with zero attached hydrogens (tertiary/aromatic N) is 3. The first-order chi connectivity index (χ1) is 26.5. The molecule has 14 radical (unpaired) electrons. The average Bonchev–Trinajstić information content (AvgIpc) is 3.87. The molecule has 0 bridgehead atoms. The predicted molar refractivity (Wildman–Crippen MR) is 237 cm³/mol. The molecule has 0 spiro atoms. The standard InChI is InChI=1S/C43H20B7N3OS/c1-43(2)21-11-7-10-20-26-19-9-4-6-13-25(19)55-42(26)53(38(20)21)24-15-14-17(16-22(24)43)41-51-23-12-5-3-8-18(23)37(52-41)29-32(46)33(47)30(44)27-28-31(45)34(48)35(49)36(50)40(28)54-39(27)29/h3-16H,1-2H3. The minimum absolute atomic E-state index is 0.117. The van der Waals surface area contributed by atoms with Gasteiger partial charge < -0.3 is 8.98 Å². The van der Waals surface area contributed by atoms with Crippen LogP contribution in [-0.2, 0) is 5.41 Å². The van der Waals surface area contributed by atoms with Crippen LogP contribution in [0.3, 0.4) is 0 Å². The topological polar surface area (TPSA) is 43.9 Å². The first-order valence-electron chi connectivity index (χ1n) is 17.8. The van der Waals surface area contributed by atoms with Gasteiger partial charge in [-0.25, -0.2) is 9.97 Å². The van der Waals surface area contributed by atoms with Crippen LogP contribution in [0, 0.1) is 0 Å². The van der Waals surface area contributed by atoms with E-state index in [1.807, 2.05) is 35.6 Å². The molecule has 12 heteroatoms. The van der Waals surface area contributed by atoms with Crippen LogP contribution in [0.5, 0.6) is 0 Å². The molecule has 10 aromatic rings. The van der Waals surface area contributed by atoms with Crippen molar-refractivity contribution in [2.75, 3.05) is 0 Å². The van der Waals surface area contributed by atoms with Crippen LogP contribution in [-0.4, -0.2) is 69.5 Å². The van der Waals surface area contributed by atoms with Gasteiger partial charge in [-0.1, -0.05) is 90.3 Å². The summed E-state index contributed by atoms with van der Waals surface area (Å²) in [6.45, 7) is 4.57. The number of thiophene rings is 1. The summed E-state index contributed by atoms with van der Waals surface area (Å²) >= 11 is 1.82. The number of hydrogen-bond acceptors (Lipinski definition) is 4. The van der Waals surface area contributed by atoms with E-state index in [1.54, 1.807) is 0 Å². The molecule has 0 saturated heterocycles. The molecule has 0 amide bonds. The van der Waals surface area contributed by atoms with Crippen LogP contribution in [0.2, 0.25) is 0 Å². The summed E-state index contributed by atoms with van der Waals surface area (Å²) in [5.74, 6) is 0.502. The van der Waals surface area contributed by atoms with Gasteiger partial charge in [0, 0.05) is 53.6 Å². The van der Waals surface area contributed by atoms with Crippen molar-refractivity contribution in [3.63, 3.8) is 0 Å². The van der Waals surface area contributed by atoms with Gasteiger partial charge in [0.2, 0.25) is 0 Å². The van der Waals surface area contributed by atoms with Crippen molar-refractivity contribution in [3.05, 3.63) is 96.1 Å². The maximum absolute atomic E-state index is 6.85. The Morgan fingerprint density at radius 1 is 0.600 bits per heavy atom. The molecule has 55 heavy (non-hydrogen) atoms. The molecule has 0 unspecified atom stereocenters. The molecule has 0 aliphatic carbocycles. The molecule has 1 aliphatic rings. The quantitative estimate of drug-likeness (QED) is 0.260. The van der Waals surface area contributed by atoms with E-state index < -0.39 is 0 Å². The third-order valence-corrected chi connectivity index (χ3v) is 12.8. The van der Waals surface area contributed by atoms with Gasteiger partial charge in [0.1, 0.15) is 70.9 Å². The second kappa shape index (κ2) is 11.1. The lowest BCUT2D eigenvalue weighted by molar-refractivity contribution is 0.630. The lowest BCUT2D eigenvalue weighted by Gasteiger charge is -2.35. The molecule has 240 valence electrons. The highest BCUT2D eigenvalue weighted by molar-refractivity contribution is 7.25. The monoisotopic (exact) mass is 703 g/mol. The van der Waals surface area contributed by atoms with Crippen LogP contribution in [0.15, 0.2) is 89.3 Å². The average molecular weight is 702 g/mol. The lowest BCUT2D eigenvalue weighted by Crippen LogP contribution is -2.48. The first-order valence-corrected chi connectivity index (χ1v) is 18.6. The number of aromatic nitrogens is 3. The van der Waals surface area contributed by atoms with Gasteiger partial charge in [0.05, 0.1) is 22.4 Å². The first kappa shape index (κ1) is 33.0. The largest absolute Gasteiger partial charge is 0.456 e. The summed E-state index contributed by atoms with van der Waals surface area (Å²) in [6, 6.07) is 29.6. The van der Waals surface area contributed by atoms with Crippen molar-refractivity contribution in [1.82, 2.24) is 14.5 Å². The Morgan fingerprint density at radius 3 is 2.07 bits per heavy atom. The van der Waals surface area contributed by atoms with E-state index in [2.05, 4.69) is 79.1 Å². The van der Waals surface area contributed by atoms with Gasteiger partial charge in [-0.2, -0.15) is 0 Å². The number of benzene rings is 6. The van der Waals surface area contributed by atoms with Crippen molar-refractivity contribution in [2.45, 2.75) is 19.3 Å². The van der Waals surface area contributed by atoms with Crippen molar-refractivity contribution < 1.29 is 4.42 Å². The molecule has 4 nitrogen and oxygen atoms in total. The molecule has 5 heterocycles. The molecule has 4 aromatic heterocycles. The summed E-state index contributed by atoms with van der Waals surface area (Å²) < 4.78 is 10.2. The number of furan rings is 1. The number of hydrogen-bond donors (Lipinski definition) is 0. The van der Waals surface area contributed by atoms with Crippen molar-refractivity contribution in [1.29, 1.82) is 0 Å². The Balaban J connectivity index is 1.19. The summed E-state index contributed by atoms with van der Waals surface area (Å²) in [6.07, 6.45) is 0. The highest BCUT2D eigenvalue weighted by Gasteiger charge is 2.36. The van der Waals surface area contributed by atoms with E-state index in [9.17, 15) is 0 Å². The van der Waals surface area contributed by atoms with Gasteiger partial charge >= 0.3 is 0 Å². The molecular formula is C43H20B7N3OS. The molecule has 6 aromatic carbocycles. The van der Waals surface area contributed by atoms with Crippen LogP contribution in [0.1, 0.15) is 25.0 Å². The van der Waals surface area contributed by atoms with Crippen molar-refractivity contribution >= 4 is 169 Å². The molecule has 0 atom stereocenters. The highest BCUT2D eigenvalue weighted by Crippen LogP contribution is 2.51. The molecule has 0 saturated carbocycles. The fourth-order valence-corrected chi connectivity index (χ4v) is 10.1. The molecule has 0 fully saturated rings. The summed E-state index contributed by atoms with van der Waals surface area (Å²) in [5.41, 5.74) is 8.61. The zero-order valence-electron chi connectivity index (χ0n) is 29.8. The van der Waals surface area contributed by atoms with E-state index in [0.717, 1.165) is 22.2 Å². The Hall–Kier alpha value is -5.33. The van der Waals surface area contributed by atoms with Gasteiger partial charge in [-0.05, 0) is 41.5 Å². The predicted octanol–water partition coefficient (Wildman–Crippen LogP) is 3.37. The minimum atomic E-state index is -0.337. The van der Waals surface area contributed by atoms with Crippen LogP contribution < -0.4 is 38.2 Å². The molecule has 1 aliphatic heterocycles. The van der Waals surface area contributed by atoms with E-state index in [4.69, 9.17) is 69.3 Å². The number of fused-ring (bicyclic) bond motifs is 11. The summed E-state index contributed by atoms with van der Waals surface area (Å²) in [4.78, 5) is 11.6. The zero-order chi connectivity index (χ0) is 37.8. The SMILES string of the molecule is [B]c1c([B])c([B])c2c(oc3c(-c4nc(-c5ccc6c(c5)C(C)(C)c5cccc7c8c9ccccc9sc8n-6c57)nc5ccccc45)c([B])c([B])c([B])c32)c1[B]. The van der Waals surface area contributed by atoms with Crippen LogP contribution in [0.25, 0.3) is 92.4 Å². The zero-order valence-corrected chi connectivity index (χ0v) is 30.6. The van der Waals surface area contributed by atoms with Gasteiger partial charge in [-0.3, -0.25) is 0 Å². The maximum Gasteiger partial charge on any atom is 0.160 e. The van der Waals surface area contributed by atoms with E-state index >= 15 is 0 Å². The summed E-state index contributed by atoms with van der Waals surface area (Å²) in [5, 5.41) is 5.40. The lowest BCUT2D eigenvalue weighted by atomic mass is 9.64. The van der Waals surface area contributed by atoms with E-state index in [-0.39, 0.29) is 49.2 Å². The summed E-state index contributed by atoms with van der Waals surface area (Å²) in [7, 11) is 45.7. The molecule has 11 rings (SSSR count). The Bertz CT molecular complexity index is 3400. The molecular weight excluding hydrogens is 682 g/mol. The number of para-hydroxylation sites is 2. The van der Waals surface area contributed by atoms with E-state index in [0.29, 0.717) is 39.0 Å². The maximum atomic E-state index is 6.85. The normalized spacial score (nSPS) is 13.6. The smallest absolute Gasteiger partial charge is 0.160 e. The fraction of sp³-hybridized carbons (Fsp3) is 0.0698. The fourth-order valence-electron chi connectivity index (χ4n) is 8.81. The third-order valence-electron chi connectivity index (χ3n) is 11.6. The second-order valence-corrected chi connectivity index (χ2v) is 15.9. The van der Waals surface area contributed by atoms with Crippen LogP contribution >= 0.6 is 11.3 Å². The van der Waals surface area contributed by atoms with Crippen molar-refractivity contribution in [3.8, 4) is 28.3 Å². The molecule has 0 N–H and O–H groups in total. The van der Waals surface area contributed by atoms with Gasteiger partial charge in [0.25, 0.3) is 0 Å². The van der Waals surface area contributed by atoms with Crippen molar-refractivity contribution in [2.24, 2.45) is 0 Å². The van der Waals surface area contributed by atoms with E-state index in [1.165, 1.54) is 36.8 Å². The number of rotatable bonds is 2. The van der Waals surface area contributed by atoms with Gasteiger partial charge in [0.15, 0.2) is 5.82 Å². The van der Waals surface area contributed by atoms with Crippen LogP contribution in [0.4, 0.5) is 0 Å². The Labute approximate surface area is 329 Å². The Kier molecular flexibility index (Phi) is 6.69. The highest BCUT2D eigenvalue weighted by atomic mass is 32.1. The minimum Gasteiger partial charge on any atom is -0.456 e. The van der Waals surface area contributed by atoms with Gasteiger partial charge in [-0.15, -0.1) is 27.7 Å². The third kappa shape index (κ3) is 4.16. The second-order valence-electron chi connectivity index (χ2n) is 14.9.